The topological polar surface area (TPSA) is 56.5 Å². The summed E-state index contributed by atoms with van der Waals surface area (Å²) < 4.78 is 14.3. The van der Waals surface area contributed by atoms with E-state index in [0.717, 1.165) is 49.5 Å². The van der Waals surface area contributed by atoms with Crippen molar-refractivity contribution >= 4 is 27.0 Å². The second-order valence-corrected chi connectivity index (χ2v) is 9.12. The van der Waals surface area contributed by atoms with Crippen LogP contribution in [0.1, 0.15) is 36.5 Å². The van der Waals surface area contributed by atoms with E-state index < -0.39 is 0 Å². The number of para-hydroxylation sites is 1. The van der Waals surface area contributed by atoms with Gasteiger partial charge >= 0.3 is 0 Å². The molecule has 3 aromatic carbocycles. The smallest absolute Gasteiger partial charge is 0.145 e. The molecule has 0 aliphatic rings. The van der Waals surface area contributed by atoms with Gasteiger partial charge in [0.05, 0.1) is 20.8 Å². The van der Waals surface area contributed by atoms with Crippen molar-refractivity contribution in [1.29, 1.82) is 0 Å². The predicted octanol–water partition coefficient (Wildman–Crippen LogP) is 6.19. The summed E-state index contributed by atoms with van der Waals surface area (Å²) in [6.45, 7) is 4.79. The number of aliphatic hydroxyl groups is 1. The van der Waals surface area contributed by atoms with Crippen LogP contribution in [0, 0.1) is 0 Å². The van der Waals surface area contributed by atoms with Crippen molar-refractivity contribution in [1.82, 2.24) is 9.55 Å². The molecule has 0 spiro atoms. The summed E-state index contributed by atoms with van der Waals surface area (Å²) in [6, 6.07) is 18.5. The van der Waals surface area contributed by atoms with Gasteiger partial charge in [-0.2, -0.15) is 0 Å². The van der Waals surface area contributed by atoms with E-state index in [-0.39, 0.29) is 6.61 Å². The van der Waals surface area contributed by atoms with Crippen LogP contribution in [0.25, 0.3) is 22.4 Å². The fourth-order valence-corrected chi connectivity index (χ4v) is 4.72. The van der Waals surface area contributed by atoms with Crippen molar-refractivity contribution in [3.8, 4) is 22.9 Å². The molecule has 0 unspecified atom stereocenters. The Morgan fingerprint density at radius 3 is 2.30 bits per heavy atom. The van der Waals surface area contributed by atoms with Crippen molar-refractivity contribution in [2.45, 2.75) is 32.7 Å². The standard InChI is InChI=1S/C27H29BrN2O3/c1-17(2)18-9-11-19(12-10-18)27-29-25-24(28)21(15-20-7-5-6-8-22(20)32-3)16-23(33-4)26(25)30(27)13-14-31/h5-12,16-17,31H,13-15H2,1-4H3. The Morgan fingerprint density at radius 2 is 1.67 bits per heavy atom. The van der Waals surface area contributed by atoms with E-state index in [1.807, 2.05) is 28.8 Å². The molecule has 4 aromatic rings. The zero-order chi connectivity index (χ0) is 23.5. The van der Waals surface area contributed by atoms with Crippen molar-refractivity contribution in [2.75, 3.05) is 20.8 Å². The summed E-state index contributed by atoms with van der Waals surface area (Å²) in [6.07, 6.45) is 0.669. The van der Waals surface area contributed by atoms with Gasteiger partial charge < -0.3 is 19.1 Å². The van der Waals surface area contributed by atoms with Gasteiger partial charge in [-0.3, -0.25) is 0 Å². The third kappa shape index (κ3) is 4.50. The van der Waals surface area contributed by atoms with Crippen molar-refractivity contribution in [3.05, 3.63) is 75.8 Å². The summed E-state index contributed by atoms with van der Waals surface area (Å²) in [5, 5.41) is 9.81. The molecule has 0 atom stereocenters. The van der Waals surface area contributed by atoms with Gasteiger partial charge in [0, 0.05) is 23.0 Å². The first kappa shape index (κ1) is 23.3. The van der Waals surface area contributed by atoms with Crippen LogP contribution < -0.4 is 9.47 Å². The maximum absolute atomic E-state index is 9.81. The average Bonchev–Trinajstić information content (AvgIpc) is 3.21. The molecular weight excluding hydrogens is 480 g/mol. The predicted molar refractivity (Wildman–Crippen MR) is 136 cm³/mol. The molecule has 0 fully saturated rings. The first-order valence-electron chi connectivity index (χ1n) is 11.1. The summed E-state index contributed by atoms with van der Waals surface area (Å²) in [5.41, 5.74) is 6.10. The number of aromatic nitrogens is 2. The van der Waals surface area contributed by atoms with Gasteiger partial charge in [0.1, 0.15) is 28.4 Å². The highest BCUT2D eigenvalue weighted by Gasteiger charge is 2.21. The van der Waals surface area contributed by atoms with Crippen LogP contribution in [-0.4, -0.2) is 35.5 Å². The van der Waals surface area contributed by atoms with Gasteiger partial charge in [0.2, 0.25) is 0 Å². The van der Waals surface area contributed by atoms with Crippen LogP contribution in [0.4, 0.5) is 0 Å². The highest BCUT2D eigenvalue weighted by molar-refractivity contribution is 9.10. The van der Waals surface area contributed by atoms with E-state index in [9.17, 15) is 5.11 Å². The highest BCUT2D eigenvalue weighted by Crippen LogP contribution is 2.39. The van der Waals surface area contributed by atoms with E-state index in [2.05, 4.69) is 60.1 Å². The Hall–Kier alpha value is -2.83. The summed E-state index contributed by atoms with van der Waals surface area (Å²) in [7, 11) is 3.36. The number of hydrogen-bond acceptors (Lipinski definition) is 4. The van der Waals surface area contributed by atoms with E-state index in [4.69, 9.17) is 14.5 Å². The molecule has 1 heterocycles. The molecule has 6 heteroatoms. The van der Waals surface area contributed by atoms with Gasteiger partial charge in [-0.1, -0.05) is 56.3 Å². The average molecular weight is 509 g/mol. The van der Waals surface area contributed by atoms with Crippen LogP contribution in [0.3, 0.4) is 0 Å². The number of nitrogens with zero attached hydrogens (tertiary/aromatic N) is 2. The lowest BCUT2D eigenvalue weighted by molar-refractivity contribution is 0.278. The van der Waals surface area contributed by atoms with Gasteiger partial charge in [0.15, 0.2) is 0 Å². The number of benzene rings is 3. The Kier molecular flexibility index (Phi) is 7.05. The number of imidazole rings is 1. The van der Waals surface area contributed by atoms with Crippen LogP contribution >= 0.6 is 15.9 Å². The van der Waals surface area contributed by atoms with Crippen LogP contribution in [0.2, 0.25) is 0 Å². The maximum Gasteiger partial charge on any atom is 0.145 e. The molecule has 172 valence electrons. The molecule has 1 N–H and O–H groups in total. The lowest BCUT2D eigenvalue weighted by atomic mass is 10.0. The van der Waals surface area contributed by atoms with Crippen LogP contribution in [0.15, 0.2) is 59.1 Å². The fraction of sp³-hybridized carbons (Fsp3) is 0.296. The minimum Gasteiger partial charge on any atom is -0.496 e. The van der Waals surface area contributed by atoms with Crippen molar-refractivity contribution < 1.29 is 14.6 Å². The molecule has 0 aliphatic heterocycles. The molecule has 0 amide bonds. The zero-order valence-electron chi connectivity index (χ0n) is 19.4. The molecule has 0 saturated heterocycles. The molecule has 0 aliphatic carbocycles. The van der Waals surface area contributed by atoms with Gasteiger partial charge in [0.25, 0.3) is 0 Å². The SMILES string of the molecule is COc1ccccc1Cc1cc(OC)c2c(nc(-c3ccc(C(C)C)cc3)n2CCO)c1Br. The third-order valence-electron chi connectivity index (χ3n) is 5.95. The number of fused-ring (bicyclic) bond motifs is 1. The van der Waals surface area contributed by atoms with Crippen LogP contribution in [0.5, 0.6) is 11.5 Å². The molecule has 0 bridgehead atoms. The van der Waals surface area contributed by atoms with E-state index in [0.29, 0.717) is 18.9 Å². The van der Waals surface area contributed by atoms with Gasteiger partial charge in [-0.15, -0.1) is 0 Å². The molecule has 5 nitrogen and oxygen atoms in total. The summed E-state index contributed by atoms with van der Waals surface area (Å²) in [5.74, 6) is 2.84. The second kappa shape index (κ2) is 9.98. The Balaban J connectivity index is 1.89. The summed E-state index contributed by atoms with van der Waals surface area (Å²) in [4.78, 5) is 5.02. The minimum absolute atomic E-state index is 0.00623. The molecule has 0 saturated carbocycles. The largest absolute Gasteiger partial charge is 0.496 e. The minimum atomic E-state index is 0.00623. The number of rotatable bonds is 8. The number of halogens is 1. The Morgan fingerprint density at radius 1 is 0.970 bits per heavy atom. The molecule has 1 aromatic heterocycles. The van der Waals surface area contributed by atoms with E-state index in [1.165, 1.54) is 5.56 Å². The molecule has 33 heavy (non-hydrogen) atoms. The van der Waals surface area contributed by atoms with Crippen molar-refractivity contribution in [3.63, 3.8) is 0 Å². The van der Waals surface area contributed by atoms with Gasteiger partial charge in [-0.05, 0) is 50.7 Å². The second-order valence-electron chi connectivity index (χ2n) is 8.33. The molecular formula is C27H29BrN2O3. The number of aliphatic hydroxyl groups excluding tert-OH is 1. The number of ether oxygens (including phenoxy) is 2. The van der Waals surface area contributed by atoms with Crippen molar-refractivity contribution in [2.24, 2.45) is 0 Å². The Bertz CT molecular complexity index is 1260. The lowest BCUT2D eigenvalue weighted by Crippen LogP contribution is -2.05. The van der Waals surface area contributed by atoms with E-state index >= 15 is 0 Å². The van der Waals surface area contributed by atoms with E-state index in [1.54, 1.807) is 14.2 Å². The van der Waals surface area contributed by atoms with Gasteiger partial charge in [-0.25, -0.2) is 4.98 Å². The fourth-order valence-electron chi connectivity index (χ4n) is 4.19. The number of methoxy groups -OCH3 is 2. The monoisotopic (exact) mass is 508 g/mol. The molecule has 4 rings (SSSR count). The highest BCUT2D eigenvalue weighted by atomic mass is 79.9. The quantitative estimate of drug-likeness (QED) is 0.308. The maximum atomic E-state index is 9.81. The molecule has 0 radical (unpaired) electrons. The summed E-state index contributed by atoms with van der Waals surface area (Å²) >= 11 is 3.82. The first-order valence-corrected chi connectivity index (χ1v) is 11.9. The third-order valence-corrected chi connectivity index (χ3v) is 6.83. The normalized spacial score (nSPS) is 11.4. The van der Waals surface area contributed by atoms with Crippen LogP contribution in [-0.2, 0) is 13.0 Å². The zero-order valence-corrected chi connectivity index (χ0v) is 21.0. The lowest BCUT2D eigenvalue weighted by Gasteiger charge is -2.14. The first-order chi connectivity index (χ1) is 16.0. The number of hydrogen-bond donors (Lipinski definition) is 1. The Labute approximate surface area is 203 Å².